The van der Waals surface area contributed by atoms with Gasteiger partial charge in [0.15, 0.2) is 0 Å². The molecule has 0 N–H and O–H groups in total. The zero-order chi connectivity index (χ0) is 9.97. The molecular weight excluding hydrogens is 236 g/mol. The molecule has 1 heteroatoms. The summed E-state index contributed by atoms with van der Waals surface area (Å²) in [5.41, 5.74) is 0. The monoisotopic (exact) mass is 258 g/mol. The minimum absolute atomic E-state index is 0.833. The van der Waals surface area contributed by atoms with Gasteiger partial charge in [-0.2, -0.15) is 0 Å². The molecule has 0 aliphatic heterocycles. The Morgan fingerprint density at radius 3 is 2.50 bits per heavy atom. The van der Waals surface area contributed by atoms with Gasteiger partial charge in [0.1, 0.15) is 0 Å². The lowest BCUT2D eigenvalue weighted by molar-refractivity contribution is 0.250. The van der Waals surface area contributed by atoms with Crippen LogP contribution in [0.1, 0.15) is 58.3 Å². The number of halogens is 1. The van der Waals surface area contributed by atoms with Crippen LogP contribution < -0.4 is 0 Å². The summed E-state index contributed by atoms with van der Waals surface area (Å²) in [5, 5.41) is 0. The van der Waals surface area contributed by atoms with E-state index in [4.69, 9.17) is 0 Å². The van der Waals surface area contributed by atoms with Crippen LogP contribution in [0, 0.1) is 17.8 Å². The van der Waals surface area contributed by atoms with Gasteiger partial charge in [0.2, 0.25) is 0 Å². The molecule has 2 saturated carbocycles. The number of hydrogen-bond acceptors (Lipinski definition) is 0. The first kappa shape index (κ1) is 11.0. The average molecular weight is 259 g/mol. The molecule has 3 unspecified atom stereocenters. The lowest BCUT2D eigenvalue weighted by Crippen LogP contribution is -2.25. The van der Waals surface area contributed by atoms with E-state index >= 15 is 0 Å². The molecule has 0 aromatic heterocycles. The molecule has 2 fully saturated rings. The molecular formula is C13H23Br. The van der Waals surface area contributed by atoms with Crippen LogP contribution in [-0.2, 0) is 0 Å². The molecule has 0 bridgehead atoms. The molecule has 0 aromatic carbocycles. The maximum atomic E-state index is 3.89. The Bertz CT molecular complexity index is 172. The largest absolute Gasteiger partial charge is 0.0888 e. The van der Waals surface area contributed by atoms with E-state index in [-0.39, 0.29) is 0 Å². The summed E-state index contributed by atoms with van der Waals surface area (Å²) in [6.45, 7) is 2.43. The van der Waals surface area contributed by atoms with Crippen LogP contribution in [0.2, 0.25) is 0 Å². The second-order valence-corrected chi connectivity index (χ2v) is 6.76. The molecule has 0 saturated heterocycles. The molecule has 2 rings (SSSR count). The third-order valence-electron chi connectivity index (χ3n) is 4.26. The lowest BCUT2D eigenvalue weighted by Gasteiger charge is -2.33. The van der Waals surface area contributed by atoms with Crippen LogP contribution >= 0.6 is 15.9 Å². The lowest BCUT2D eigenvalue weighted by atomic mass is 9.78. The summed E-state index contributed by atoms with van der Waals surface area (Å²) in [6, 6.07) is 0. The van der Waals surface area contributed by atoms with Crippen LogP contribution in [0.3, 0.4) is 0 Å². The smallest absolute Gasteiger partial charge is 0.0174 e. The standard InChI is InChI=1S/C13H23Br/c1-10-6-7-13(14)12(8-10)9-11-4-2-3-5-11/h10-13H,2-9H2,1H3. The van der Waals surface area contributed by atoms with Gasteiger partial charge in [0.05, 0.1) is 0 Å². The van der Waals surface area contributed by atoms with E-state index in [0.717, 1.165) is 22.6 Å². The summed E-state index contributed by atoms with van der Waals surface area (Å²) in [7, 11) is 0. The Morgan fingerprint density at radius 2 is 1.79 bits per heavy atom. The van der Waals surface area contributed by atoms with E-state index in [0.29, 0.717) is 0 Å². The van der Waals surface area contributed by atoms with Crippen LogP contribution in [-0.4, -0.2) is 4.83 Å². The SMILES string of the molecule is CC1CCC(Br)C(CC2CCCC2)C1. The third-order valence-corrected chi connectivity index (χ3v) is 5.47. The highest BCUT2D eigenvalue weighted by molar-refractivity contribution is 9.09. The van der Waals surface area contributed by atoms with Crippen LogP contribution in [0.4, 0.5) is 0 Å². The minimum Gasteiger partial charge on any atom is -0.0888 e. The van der Waals surface area contributed by atoms with Crippen molar-refractivity contribution >= 4 is 15.9 Å². The van der Waals surface area contributed by atoms with E-state index < -0.39 is 0 Å². The topological polar surface area (TPSA) is 0 Å². The number of alkyl halides is 1. The van der Waals surface area contributed by atoms with E-state index in [1.165, 1.54) is 51.4 Å². The molecule has 0 heterocycles. The van der Waals surface area contributed by atoms with Crippen molar-refractivity contribution in [1.82, 2.24) is 0 Å². The molecule has 2 aliphatic carbocycles. The van der Waals surface area contributed by atoms with E-state index in [9.17, 15) is 0 Å². The first-order chi connectivity index (χ1) is 6.75. The van der Waals surface area contributed by atoms with E-state index in [1.54, 1.807) is 0 Å². The van der Waals surface area contributed by atoms with Gasteiger partial charge in [-0.1, -0.05) is 48.5 Å². The predicted molar refractivity (Wildman–Crippen MR) is 65.8 cm³/mol. The van der Waals surface area contributed by atoms with Gasteiger partial charge in [-0.05, 0) is 43.4 Å². The van der Waals surface area contributed by atoms with E-state index in [2.05, 4.69) is 22.9 Å². The number of hydrogen-bond donors (Lipinski definition) is 0. The van der Waals surface area contributed by atoms with Crippen molar-refractivity contribution < 1.29 is 0 Å². The van der Waals surface area contributed by atoms with Gasteiger partial charge in [0.25, 0.3) is 0 Å². The zero-order valence-corrected chi connectivity index (χ0v) is 10.9. The van der Waals surface area contributed by atoms with Gasteiger partial charge in [-0.15, -0.1) is 0 Å². The molecule has 3 atom stereocenters. The summed E-state index contributed by atoms with van der Waals surface area (Å²) in [4.78, 5) is 0.833. The Kier molecular flexibility index (Phi) is 3.93. The maximum absolute atomic E-state index is 3.89. The molecule has 0 nitrogen and oxygen atoms in total. The first-order valence-corrected chi connectivity index (χ1v) is 7.31. The number of rotatable bonds is 2. The summed E-state index contributed by atoms with van der Waals surface area (Å²) in [6.07, 6.45) is 11.9. The fraction of sp³-hybridized carbons (Fsp3) is 1.00. The van der Waals surface area contributed by atoms with Gasteiger partial charge >= 0.3 is 0 Å². The Balaban J connectivity index is 1.82. The van der Waals surface area contributed by atoms with Crippen molar-refractivity contribution in [3.8, 4) is 0 Å². The van der Waals surface area contributed by atoms with Gasteiger partial charge in [-0.3, -0.25) is 0 Å². The van der Waals surface area contributed by atoms with Crippen molar-refractivity contribution in [3.63, 3.8) is 0 Å². The highest BCUT2D eigenvalue weighted by atomic mass is 79.9. The highest BCUT2D eigenvalue weighted by Gasteiger charge is 2.29. The summed E-state index contributed by atoms with van der Waals surface area (Å²) < 4.78 is 0. The second-order valence-electron chi connectivity index (χ2n) is 5.58. The van der Waals surface area contributed by atoms with Gasteiger partial charge in [-0.25, -0.2) is 0 Å². The van der Waals surface area contributed by atoms with Gasteiger partial charge in [0, 0.05) is 4.83 Å². The molecule has 2 aliphatic rings. The first-order valence-electron chi connectivity index (χ1n) is 6.39. The maximum Gasteiger partial charge on any atom is 0.0174 e. The Morgan fingerprint density at radius 1 is 1.07 bits per heavy atom. The molecule has 0 radical (unpaired) electrons. The quantitative estimate of drug-likeness (QED) is 0.627. The Hall–Kier alpha value is 0.480. The normalized spacial score (nSPS) is 40.3. The van der Waals surface area contributed by atoms with Crippen molar-refractivity contribution in [2.45, 2.75) is 63.1 Å². The van der Waals surface area contributed by atoms with Crippen LogP contribution in [0.5, 0.6) is 0 Å². The molecule has 82 valence electrons. The van der Waals surface area contributed by atoms with Crippen molar-refractivity contribution in [2.75, 3.05) is 0 Å². The highest BCUT2D eigenvalue weighted by Crippen LogP contribution is 2.40. The molecule has 0 amide bonds. The Labute approximate surface area is 97.0 Å². The molecule has 0 aromatic rings. The molecule has 0 spiro atoms. The summed E-state index contributed by atoms with van der Waals surface area (Å²) in [5.74, 6) is 3.04. The zero-order valence-electron chi connectivity index (χ0n) is 9.34. The van der Waals surface area contributed by atoms with Gasteiger partial charge < -0.3 is 0 Å². The van der Waals surface area contributed by atoms with Crippen LogP contribution in [0.15, 0.2) is 0 Å². The van der Waals surface area contributed by atoms with Crippen molar-refractivity contribution in [1.29, 1.82) is 0 Å². The van der Waals surface area contributed by atoms with Crippen molar-refractivity contribution in [3.05, 3.63) is 0 Å². The van der Waals surface area contributed by atoms with E-state index in [1.807, 2.05) is 0 Å². The minimum atomic E-state index is 0.833. The predicted octanol–water partition coefficient (Wildman–Crippen LogP) is 4.77. The second kappa shape index (κ2) is 5.01. The third kappa shape index (κ3) is 2.74. The van der Waals surface area contributed by atoms with Crippen LogP contribution in [0.25, 0.3) is 0 Å². The summed E-state index contributed by atoms with van der Waals surface area (Å²) >= 11 is 3.89. The fourth-order valence-electron chi connectivity index (χ4n) is 3.38. The van der Waals surface area contributed by atoms with Crippen molar-refractivity contribution in [2.24, 2.45) is 17.8 Å². The average Bonchev–Trinajstić information content (AvgIpc) is 2.64. The fourth-order valence-corrected chi connectivity index (χ4v) is 4.08. The molecule has 14 heavy (non-hydrogen) atoms.